The predicted molar refractivity (Wildman–Crippen MR) is 93.7 cm³/mol. The number of hydrogen-bond acceptors (Lipinski definition) is 3. The third-order valence-corrected chi connectivity index (χ3v) is 4.30. The summed E-state index contributed by atoms with van der Waals surface area (Å²) in [5.41, 5.74) is 3.33. The Bertz CT molecular complexity index is 893. The Balaban J connectivity index is 1.71. The molecule has 1 atom stereocenters. The molecule has 0 saturated carbocycles. The molecule has 4 rings (SSSR count). The molecule has 1 aromatic heterocycles. The van der Waals surface area contributed by atoms with E-state index in [4.69, 9.17) is 14.2 Å². The summed E-state index contributed by atoms with van der Waals surface area (Å²) in [6.07, 6.45) is 2.36. The minimum atomic E-state index is -0.393. The van der Waals surface area contributed by atoms with E-state index in [-0.39, 0.29) is 0 Å². The fourth-order valence-electron chi connectivity index (χ4n) is 3.10. The molecule has 0 spiro atoms. The highest BCUT2D eigenvalue weighted by Crippen LogP contribution is 2.34. The number of methoxy groups -OCH3 is 2. The van der Waals surface area contributed by atoms with Gasteiger partial charge in [0.1, 0.15) is 11.5 Å². The Morgan fingerprint density at radius 3 is 2.58 bits per heavy atom. The molecular weight excluding hydrogens is 302 g/mol. The first-order chi connectivity index (χ1) is 11.8. The van der Waals surface area contributed by atoms with Crippen LogP contribution in [0.5, 0.6) is 5.75 Å². The maximum Gasteiger partial charge on any atom is 0.241 e. The van der Waals surface area contributed by atoms with Crippen molar-refractivity contribution >= 4 is 17.1 Å². The molecule has 4 nitrogen and oxygen atoms in total. The van der Waals surface area contributed by atoms with Gasteiger partial charge in [0.2, 0.25) is 6.29 Å². The number of aromatic nitrogens is 1. The first-order valence-corrected chi connectivity index (χ1v) is 7.91. The first-order valence-electron chi connectivity index (χ1n) is 7.91. The van der Waals surface area contributed by atoms with E-state index in [1.165, 1.54) is 5.39 Å². The Morgan fingerprint density at radius 1 is 1.04 bits per heavy atom. The van der Waals surface area contributed by atoms with Gasteiger partial charge in [-0.15, -0.1) is 0 Å². The number of ether oxygens (including phenoxy) is 3. The summed E-state index contributed by atoms with van der Waals surface area (Å²) in [7, 11) is 3.34. The Hall–Kier alpha value is -2.72. The topological polar surface area (TPSA) is 32.6 Å². The van der Waals surface area contributed by atoms with E-state index < -0.39 is 6.29 Å². The van der Waals surface area contributed by atoms with Crippen LogP contribution in [0, 0.1) is 0 Å². The first kappa shape index (κ1) is 14.8. The Labute approximate surface area is 140 Å². The Kier molecular flexibility index (Phi) is 3.75. The smallest absolute Gasteiger partial charge is 0.241 e. The van der Waals surface area contributed by atoms with Gasteiger partial charge < -0.3 is 18.8 Å². The van der Waals surface area contributed by atoms with Crippen LogP contribution in [-0.2, 0) is 15.9 Å². The van der Waals surface area contributed by atoms with Gasteiger partial charge in [0.05, 0.1) is 18.3 Å². The van der Waals surface area contributed by atoms with E-state index >= 15 is 0 Å². The maximum atomic E-state index is 6.04. The van der Waals surface area contributed by atoms with Crippen molar-refractivity contribution in [3.63, 3.8) is 0 Å². The van der Waals surface area contributed by atoms with Crippen LogP contribution in [0.3, 0.4) is 0 Å². The van der Waals surface area contributed by atoms with Crippen molar-refractivity contribution in [3.8, 4) is 5.75 Å². The summed E-state index contributed by atoms with van der Waals surface area (Å²) >= 11 is 0. The van der Waals surface area contributed by atoms with Gasteiger partial charge >= 0.3 is 0 Å². The fourth-order valence-corrected chi connectivity index (χ4v) is 3.10. The van der Waals surface area contributed by atoms with Crippen LogP contribution in [-0.4, -0.2) is 18.8 Å². The van der Waals surface area contributed by atoms with E-state index in [1.807, 2.05) is 36.4 Å². The van der Waals surface area contributed by atoms with Crippen LogP contribution in [0.1, 0.15) is 17.5 Å². The predicted octanol–water partition coefficient (Wildman–Crippen LogP) is 4.37. The summed E-state index contributed by atoms with van der Waals surface area (Å²) in [5.74, 6) is 1.73. The molecule has 0 aliphatic carbocycles. The summed E-state index contributed by atoms with van der Waals surface area (Å²) in [4.78, 5) is 0. The van der Waals surface area contributed by atoms with Crippen molar-refractivity contribution < 1.29 is 14.2 Å². The molecule has 2 heterocycles. The fraction of sp³-hybridized carbons (Fsp3) is 0.200. The number of nitrogens with zero attached hydrogens (tertiary/aromatic N) is 1. The van der Waals surface area contributed by atoms with Crippen LogP contribution < -0.4 is 4.74 Å². The maximum absolute atomic E-state index is 6.04. The van der Waals surface area contributed by atoms with Crippen molar-refractivity contribution in [2.24, 2.45) is 0 Å². The monoisotopic (exact) mass is 321 g/mol. The third-order valence-electron chi connectivity index (χ3n) is 4.30. The van der Waals surface area contributed by atoms with E-state index in [9.17, 15) is 0 Å². The molecule has 4 heteroatoms. The molecule has 0 saturated heterocycles. The lowest BCUT2D eigenvalue weighted by Gasteiger charge is -2.25. The highest BCUT2D eigenvalue weighted by atomic mass is 16.7. The van der Waals surface area contributed by atoms with Gasteiger partial charge in [0.25, 0.3) is 0 Å². The van der Waals surface area contributed by atoms with E-state index in [1.54, 1.807) is 14.2 Å². The number of para-hydroxylation sites is 1. The summed E-state index contributed by atoms with van der Waals surface area (Å²) in [6.45, 7) is 0. The van der Waals surface area contributed by atoms with Gasteiger partial charge in [0, 0.05) is 25.1 Å². The Morgan fingerprint density at radius 2 is 1.83 bits per heavy atom. The van der Waals surface area contributed by atoms with E-state index in [2.05, 4.69) is 29.0 Å². The minimum Gasteiger partial charge on any atom is -0.497 e. The molecule has 0 fully saturated rings. The van der Waals surface area contributed by atoms with Crippen LogP contribution >= 0.6 is 0 Å². The lowest BCUT2D eigenvalue weighted by molar-refractivity contribution is -0.105. The third kappa shape index (κ3) is 2.55. The van der Waals surface area contributed by atoms with Crippen molar-refractivity contribution in [3.05, 3.63) is 71.6 Å². The number of rotatable bonds is 4. The average molecular weight is 321 g/mol. The molecule has 1 unspecified atom stereocenters. The van der Waals surface area contributed by atoms with E-state index in [0.29, 0.717) is 6.42 Å². The standard InChI is InChI=1S/C20H19NO3/c1-22-16-9-7-14(8-10-16)11-17-13-21-18-6-4-3-5-15(18)12-19(21)20(23-2)24-17/h3-10,12-13,20H,11H2,1-2H3. The second kappa shape index (κ2) is 6.06. The van der Waals surface area contributed by atoms with Crippen LogP contribution in [0.25, 0.3) is 17.1 Å². The molecular formula is C20H19NO3. The zero-order chi connectivity index (χ0) is 16.5. The van der Waals surface area contributed by atoms with Crippen molar-refractivity contribution in [1.29, 1.82) is 0 Å². The van der Waals surface area contributed by atoms with E-state index in [0.717, 1.165) is 28.3 Å². The summed E-state index contributed by atoms with van der Waals surface area (Å²) in [6, 6.07) is 18.4. The average Bonchev–Trinajstić information content (AvgIpc) is 3.00. The number of fused-ring (bicyclic) bond motifs is 3. The highest BCUT2D eigenvalue weighted by Gasteiger charge is 2.24. The summed E-state index contributed by atoms with van der Waals surface area (Å²) in [5, 5.41) is 1.18. The van der Waals surface area contributed by atoms with Gasteiger partial charge in [-0.1, -0.05) is 30.3 Å². The lowest BCUT2D eigenvalue weighted by atomic mass is 10.1. The number of hydrogen-bond donors (Lipinski definition) is 0. The van der Waals surface area contributed by atoms with Crippen molar-refractivity contribution in [2.75, 3.05) is 14.2 Å². The zero-order valence-electron chi connectivity index (χ0n) is 13.7. The zero-order valence-corrected chi connectivity index (χ0v) is 13.7. The van der Waals surface area contributed by atoms with Gasteiger partial charge in [-0.25, -0.2) is 0 Å². The molecule has 3 aromatic rings. The normalized spacial score (nSPS) is 16.4. The van der Waals surface area contributed by atoms with Crippen LogP contribution in [0.4, 0.5) is 0 Å². The molecule has 0 N–H and O–H groups in total. The number of allylic oxidation sites excluding steroid dienone is 1. The molecule has 122 valence electrons. The molecule has 0 bridgehead atoms. The number of benzene rings is 2. The second-order valence-corrected chi connectivity index (χ2v) is 5.80. The lowest BCUT2D eigenvalue weighted by Crippen LogP contribution is -2.16. The van der Waals surface area contributed by atoms with Gasteiger partial charge in [-0.05, 0) is 29.8 Å². The minimum absolute atomic E-state index is 0.393. The summed E-state index contributed by atoms with van der Waals surface area (Å²) < 4.78 is 19.0. The molecule has 0 radical (unpaired) electrons. The van der Waals surface area contributed by atoms with Crippen molar-refractivity contribution in [2.45, 2.75) is 12.7 Å². The van der Waals surface area contributed by atoms with Gasteiger partial charge in [-0.3, -0.25) is 0 Å². The highest BCUT2D eigenvalue weighted by molar-refractivity contribution is 5.83. The SMILES string of the molecule is COc1ccc(CC2=Cn3c(cc4ccccc43)C(OC)O2)cc1. The molecule has 2 aromatic carbocycles. The molecule has 1 aliphatic heterocycles. The molecule has 1 aliphatic rings. The second-order valence-electron chi connectivity index (χ2n) is 5.80. The quantitative estimate of drug-likeness (QED) is 0.715. The van der Waals surface area contributed by atoms with Crippen LogP contribution in [0.2, 0.25) is 0 Å². The molecule has 0 amide bonds. The van der Waals surface area contributed by atoms with Gasteiger partial charge in [-0.2, -0.15) is 0 Å². The van der Waals surface area contributed by atoms with Crippen LogP contribution in [0.15, 0.2) is 60.4 Å². The van der Waals surface area contributed by atoms with Gasteiger partial charge in [0.15, 0.2) is 0 Å². The molecule has 24 heavy (non-hydrogen) atoms. The van der Waals surface area contributed by atoms with Crippen molar-refractivity contribution in [1.82, 2.24) is 4.57 Å². The largest absolute Gasteiger partial charge is 0.497 e.